The summed E-state index contributed by atoms with van der Waals surface area (Å²) in [6.07, 6.45) is 8.65. The number of carbonyl (C=O) groups excluding carboxylic acids is 2. The molecule has 8 heteroatoms. The summed E-state index contributed by atoms with van der Waals surface area (Å²) < 4.78 is 14.2. The summed E-state index contributed by atoms with van der Waals surface area (Å²) in [6.45, 7) is 2.05. The number of pyridine rings is 2. The Labute approximate surface area is 225 Å². The van der Waals surface area contributed by atoms with E-state index in [-0.39, 0.29) is 24.3 Å². The highest BCUT2D eigenvalue weighted by Gasteiger charge is 2.51. The Hall–Kier alpha value is -4.33. The molecule has 4 heterocycles. The van der Waals surface area contributed by atoms with Crippen LogP contribution in [0.2, 0.25) is 0 Å². The number of anilines is 3. The van der Waals surface area contributed by atoms with Gasteiger partial charge in [0, 0.05) is 47.5 Å². The first-order chi connectivity index (χ1) is 18.9. The van der Waals surface area contributed by atoms with Crippen molar-refractivity contribution in [2.75, 3.05) is 10.6 Å². The number of aromatic nitrogens is 2. The Morgan fingerprint density at radius 2 is 1.95 bits per heavy atom. The van der Waals surface area contributed by atoms with Gasteiger partial charge in [0.1, 0.15) is 17.7 Å². The normalized spacial score (nSPS) is 24.6. The van der Waals surface area contributed by atoms with Gasteiger partial charge in [-0.2, -0.15) is 0 Å². The Bertz CT molecular complexity index is 1600. The Morgan fingerprint density at radius 1 is 1.10 bits per heavy atom. The third kappa shape index (κ3) is 3.77. The maximum absolute atomic E-state index is 14.2. The first kappa shape index (κ1) is 23.8. The maximum Gasteiger partial charge on any atom is 0.276 e. The monoisotopic (exact) mass is 521 g/mol. The van der Waals surface area contributed by atoms with Crippen molar-refractivity contribution in [3.05, 3.63) is 101 Å². The molecule has 1 aromatic carbocycles. The molecule has 2 amide bonds. The maximum atomic E-state index is 14.2. The Balaban J connectivity index is 1.13. The molecule has 196 valence electrons. The van der Waals surface area contributed by atoms with Crippen LogP contribution in [0.25, 0.3) is 0 Å². The molecule has 7 nitrogen and oxygen atoms in total. The van der Waals surface area contributed by atoms with Crippen LogP contribution in [0.1, 0.15) is 53.4 Å². The Kier molecular flexibility index (Phi) is 5.40. The van der Waals surface area contributed by atoms with E-state index < -0.39 is 11.6 Å². The van der Waals surface area contributed by atoms with Gasteiger partial charge in [0.15, 0.2) is 0 Å². The predicted octanol–water partition coefficient (Wildman–Crippen LogP) is 5.39. The molecule has 39 heavy (non-hydrogen) atoms. The molecule has 7 rings (SSSR count). The number of benzene rings is 1. The van der Waals surface area contributed by atoms with Gasteiger partial charge in [-0.1, -0.05) is 25.1 Å². The summed E-state index contributed by atoms with van der Waals surface area (Å²) in [6, 6.07) is 13.6. The number of hydrogen-bond donors (Lipinski definition) is 2. The zero-order chi connectivity index (χ0) is 26.7. The number of rotatable bonds is 4. The third-order valence-electron chi connectivity index (χ3n) is 8.52. The highest BCUT2D eigenvalue weighted by molar-refractivity contribution is 6.06. The topological polar surface area (TPSA) is 87.2 Å². The number of nitrogens with zero attached hydrogens (tertiary/aromatic N) is 3. The highest BCUT2D eigenvalue weighted by atomic mass is 19.1. The van der Waals surface area contributed by atoms with Crippen LogP contribution < -0.4 is 10.6 Å². The highest BCUT2D eigenvalue weighted by Crippen LogP contribution is 2.47. The van der Waals surface area contributed by atoms with Crippen LogP contribution in [-0.4, -0.2) is 38.9 Å². The van der Waals surface area contributed by atoms with E-state index in [1.165, 1.54) is 0 Å². The first-order valence-electron chi connectivity index (χ1n) is 13.4. The van der Waals surface area contributed by atoms with Crippen LogP contribution >= 0.6 is 0 Å². The van der Waals surface area contributed by atoms with Gasteiger partial charge in [0.2, 0.25) is 5.91 Å². The summed E-state index contributed by atoms with van der Waals surface area (Å²) in [5.74, 6) is 0.450. The second kappa shape index (κ2) is 8.86. The quantitative estimate of drug-likeness (QED) is 0.481. The molecule has 3 aromatic rings. The zero-order valence-corrected chi connectivity index (χ0v) is 21.6. The van der Waals surface area contributed by atoms with Crippen molar-refractivity contribution in [3.63, 3.8) is 0 Å². The molecule has 2 aliphatic carbocycles. The Morgan fingerprint density at radius 3 is 2.82 bits per heavy atom. The van der Waals surface area contributed by atoms with Gasteiger partial charge in [0.25, 0.3) is 5.91 Å². The summed E-state index contributed by atoms with van der Waals surface area (Å²) in [5.41, 5.74) is 6.36. The van der Waals surface area contributed by atoms with Gasteiger partial charge >= 0.3 is 0 Å². The molecule has 3 unspecified atom stereocenters. The van der Waals surface area contributed by atoms with Crippen molar-refractivity contribution >= 4 is 29.0 Å². The van der Waals surface area contributed by atoms with Crippen molar-refractivity contribution in [1.29, 1.82) is 0 Å². The van der Waals surface area contributed by atoms with Crippen LogP contribution in [-0.2, 0) is 23.1 Å². The lowest BCUT2D eigenvalue weighted by molar-refractivity contribution is -0.120. The van der Waals surface area contributed by atoms with Crippen LogP contribution in [0, 0.1) is 0 Å². The summed E-state index contributed by atoms with van der Waals surface area (Å²) in [7, 11) is 0. The molecule has 4 aliphatic rings. The number of amides is 2. The minimum Gasteiger partial charge on any atom is -0.355 e. The lowest BCUT2D eigenvalue weighted by Gasteiger charge is -2.28. The van der Waals surface area contributed by atoms with Crippen LogP contribution in [0.5, 0.6) is 0 Å². The lowest BCUT2D eigenvalue weighted by Crippen LogP contribution is -2.36. The van der Waals surface area contributed by atoms with Crippen molar-refractivity contribution in [1.82, 2.24) is 14.9 Å². The van der Waals surface area contributed by atoms with Crippen molar-refractivity contribution < 1.29 is 14.0 Å². The minimum atomic E-state index is -1.07. The molecule has 2 aromatic heterocycles. The summed E-state index contributed by atoms with van der Waals surface area (Å²) >= 11 is 0. The van der Waals surface area contributed by atoms with Crippen molar-refractivity contribution in [2.45, 2.75) is 56.7 Å². The number of halogens is 1. The first-order valence-corrected chi connectivity index (χ1v) is 13.4. The van der Waals surface area contributed by atoms with Gasteiger partial charge < -0.3 is 15.5 Å². The number of nitrogens with one attached hydrogen (secondary N) is 2. The number of allylic oxidation sites excluding steroid dienone is 3. The minimum absolute atomic E-state index is 0.00250. The summed E-state index contributed by atoms with van der Waals surface area (Å²) in [5, 5.41) is 6.36. The fourth-order valence-electron chi connectivity index (χ4n) is 6.58. The van der Waals surface area contributed by atoms with Gasteiger partial charge in [-0.3, -0.25) is 14.6 Å². The van der Waals surface area contributed by atoms with E-state index in [1.54, 1.807) is 29.4 Å². The second-order valence-electron chi connectivity index (χ2n) is 10.8. The van der Waals surface area contributed by atoms with Gasteiger partial charge in [-0.25, -0.2) is 9.37 Å². The van der Waals surface area contributed by atoms with Gasteiger partial charge in [-0.15, -0.1) is 0 Å². The predicted molar refractivity (Wildman–Crippen MR) is 146 cm³/mol. The van der Waals surface area contributed by atoms with Crippen molar-refractivity contribution in [2.24, 2.45) is 0 Å². The average molecular weight is 522 g/mol. The number of carbonyl (C=O) groups is 2. The summed E-state index contributed by atoms with van der Waals surface area (Å²) in [4.78, 5) is 37.1. The molecule has 0 saturated carbocycles. The molecule has 0 saturated heterocycles. The third-order valence-corrected chi connectivity index (χ3v) is 8.52. The lowest BCUT2D eigenvalue weighted by atomic mass is 9.79. The number of hydrogen-bond acceptors (Lipinski definition) is 5. The molecule has 0 radical (unpaired) electrons. The van der Waals surface area contributed by atoms with Gasteiger partial charge in [-0.05, 0) is 78.8 Å². The van der Waals surface area contributed by atoms with Crippen LogP contribution in [0.15, 0.2) is 78.3 Å². The largest absolute Gasteiger partial charge is 0.355 e. The molecule has 0 fully saturated rings. The molecule has 2 N–H and O–H groups in total. The van der Waals surface area contributed by atoms with E-state index >= 15 is 0 Å². The van der Waals surface area contributed by atoms with Gasteiger partial charge in [0.05, 0.1) is 5.41 Å². The molecule has 2 aliphatic heterocycles. The van der Waals surface area contributed by atoms with E-state index in [0.29, 0.717) is 24.4 Å². The standard InChI is InChI=1S/C31H28FN5O2/c1-2-24-13-18-5-7-21(32)14-27(18)37(24)29(38)26-15-23(9-11-33-26)35-22-8-6-19-16-31(17-20(19)12-22)25-4-3-10-34-28(25)36-30(31)39/h3-12,15,21,24H,2,13-14,16-17H2,1H3,(H,33,35)(H,34,36,39). The smallest absolute Gasteiger partial charge is 0.276 e. The van der Waals surface area contributed by atoms with E-state index in [4.69, 9.17) is 0 Å². The fourth-order valence-corrected chi connectivity index (χ4v) is 6.58. The SMILES string of the molecule is CCC1CC2=C(CC(F)C=C2)N1C(=O)c1cc(Nc2ccc3c(c2)CC2(C3)C(=O)Nc3ncccc32)ccn1. The van der Waals surface area contributed by atoms with E-state index in [2.05, 4.69) is 32.7 Å². The van der Waals surface area contributed by atoms with E-state index in [9.17, 15) is 14.0 Å². The molecule has 3 atom stereocenters. The van der Waals surface area contributed by atoms with Crippen LogP contribution in [0.4, 0.5) is 21.6 Å². The second-order valence-corrected chi connectivity index (χ2v) is 10.8. The number of alkyl halides is 1. The van der Waals surface area contributed by atoms with Crippen LogP contribution in [0.3, 0.4) is 0 Å². The average Bonchev–Trinajstić information content (AvgIpc) is 3.59. The fraction of sp³-hybridized carbons (Fsp3) is 0.290. The molecule has 1 spiro atoms. The van der Waals surface area contributed by atoms with E-state index in [1.807, 2.05) is 37.3 Å². The molecule has 0 bridgehead atoms. The number of fused-ring (bicyclic) bond motifs is 3. The molecular weight excluding hydrogens is 493 g/mol. The molecular formula is C31H28FN5O2. The van der Waals surface area contributed by atoms with Crippen molar-refractivity contribution in [3.8, 4) is 0 Å². The zero-order valence-electron chi connectivity index (χ0n) is 21.6. The van der Waals surface area contributed by atoms with E-state index in [0.717, 1.165) is 52.2 Å².